The summed E-state index contributed by atoms with van der Waals surface area (Å²) in [7, 11) is 0. The zero-order valence-corrected chi connectivity index (χ0v) is 16.9. The predicted octanol–water partition coefficient (Wildman–Crippen LogP) is 1.96. The maximum absolute atomic E-state index is 12.6. The van der Waals surface area contributed by atoms with Crippen LogP contribution in [-0.2, 0) is 9.53 Å². The predicted molar refractivity (Wildman–Crippen MR) is 115 cm³/mol. The number of rotatable bonds is 7. The molecule has 0 bridgehead atoms. The number of ether oxygens (including phenoxy) is 1. The minimum Gasteiger partial charge on any atom is -0.378 e. The molecule has 3 rings (SSSR count). The summed E-state index contributed by atoms with van der Waals surface area (Å²) in [6.45, 7) is 4.70. The van der Waals surface area contributed by atoms with Crippen molar-refractivity contribution in [3.63, 3.8) is 0 Å². The van der Waals surface area contributed by atoms with Crippen molar-refractivity contribution in [1.82, 2.24) is 10.2 Å². The molecule has 8 nitrogen and oxygen atoms in total. The van der Waals surface area contributed by atoms with Crippen molar-refractivity contribution >= 4 is 29.1 Å². The van der Waals surface area contributed by atoms with Crippen molar-refractivity contribution < 1.29 is 19.1 Å². The van der Waals surface area contributed by atoms with Crippen LogP contribution in [0.3, 0.4) is 0 Å². The second kappa shape index (κ2) is 10.4. The maximum atomic E-state index is 12.6. The van der Waals surface area contributed by atoms with Gasteiger partial charge in [-0.05, 0) is 49.4 Å². The average molecular weight is 410 g/mol. The van der Waals surface area contributed by atoms with Crippen LogP contribution in [-0.4, -0.2) is 62.0 Å². The van der Waals surface area contributed by atoms with E-state index in [9.17, 15) is 14.4 Å². The van der Waals surface area contributed by atoms with Crippen LogP contribution >= 0.6 is 0 Å². The summed E-state index contributed by atoms with van der Waals surface area (Å²) in [4.78, 5) is 38.4. The number of hydrogen-bond acceptors (Lipinski definition) is 5. The highest BCUT2D eigenvalue weighted by molar-refractivity contribution is 5.98. The van der Waals surface area contributed by atoms with E-state index in [1.807, 2.05) is 6.92 Å². The van der Waals surface area contributed by atoms with Gasteiger partial charge in [0.25, 0.3) is 11.8 Å². The highest BCUT2D eigenvalue weighted by Gasteiger charge is 2.18. The lowest BCUT2D eigenvalue weighted by Crippen LogP contribution is -2.40. The van der Waals surface area contributed by atoms with Crippen molar-refractivity contribution in [3.05, 3.63) is 59.7 Å². The Bertz CT molecular complexity index is 892. The van der Waals surface area contributed by atoms with Gasteiger partial charge in [-0.25, -0.2) is 0 Å². The van der Waals surface area contributed by atoms with Crippen LogP contribution in [0.1, 0.15) is 27.6 Å². The van der Waals surface area contributed by atoms with Crippen molar-refractivity contribution in [2.24, 2.45) is 0 Å². The van der Waals surface area contributed by atoms with E-state index >= 15 is 0 Å². The molecular formula is C22H26N4O4. The van der Waals surface area contributed by atoms with Crippen LogP contribution in [0.4, 0.5) is 11.4 Å². The van der Waals surface area contributed by atoms with E-state index in [0.717, 1.165) is 5.69 Å². The number of benzene rings is 2. The van der Waals surface area contributed by atoms with Gasteiger partial charge in [0.15, 0.2) is 0 Å². The summed E-state index contributed by atoms with van der Waals surface area (Å²) < 4.78 is 5.28. The molecule has 1 fully saturated rings. The van der Waals surface area contributed by atoms with Gasteiger partial charge in [-0.1, -0.05) is 6.07 Å². The van der Waals surface area contributed by atoms with Gasteiger partial charge in [0.05, 0.1) is 19.8 Å². The molecule has 1 aliphatic heterocycles. The van der Waals surface area contributed by atoms with Crippen LogP contribution in [0.15, 0.2) is 48.5 Å². The third kappa shape index (κ3) is 5.81. The largest absolute Gasteiger partial charge is 0.378 e. The Balaban J connectivity index is 1.52. The van der Waals surface area contributed by atoms with Crippen LogP contribution in [0.2, 0.25) is 0 Å². The van der Waals surface area contributed by atoms with Gasteiger partial charge in [0.1, 0.15) is 0 Å². The second-order valence-electron chi connectivity index (χ2n) is 6.82. The summed E-state index contributed by atoms with van der Waals surface area (Å²) in [5, 5.41) is 8.55. The smallest absolute Gasteiger partial charge is 0.254 e. The first-order valence-electron chi connectivity index (χ1n) is 9.96. The number of nitrogens with one attached hydrogen (secondary N) is 3. The summed E-state index contributed by atoms with van der Waals surface area (Å²) >= 11 is 0. The van der Waals surface area contributed by atoms with Gasteiger partial charge in [-0.3, -0.25) is 14.4 Å². The van der Waals surface area contributed by atoms with Gasteiger partial charge in [-0.15, -0.1) is 0 Å². The molecule has 2 aromatic rings. The first-order chi connectivity index (χ1) is 14.6. The van der Waals surface area contributed by atoms with Gasteiger partial charge in [0.2, 0.25) is 5.91 Å². The van der Waals surface area contributed by atoms with Crippen LogP contribution in [0.5, 0.6) is 0 Å². The number of anilines is 2. The Morgan fingerprint density at radius 3 is 2.40 bits per heavy atom. The fourth-order valence-electron chi connectivity index (χ4n) is 3.07. The molecule has 3 N–H and O–H groups in total. The van der Waals surface area contributed by atoms with Crippen LogP contribution in [0.25, 0.3) is 0 Å². The van der Waals surface area contributed by atoms with Gasteiger partial charge in [-0.2, -0.15) is 0 Å². The second-order valence-corrected chi connectivity index (χ2v) is 6.82. The molecule has 0 saturated carbocycles. The van der Waals surface area contributed by atoms with Gasteiger partial charge in [0, 0.05) is 42.1 Å². The first kappa shape index (κ1) is 21.3. The van der Waals surface area contributed by atoms with Gasteiger partial charge >= 0.3 is 0 Å². The molecule has 0 atom stereocenters. The minimum absolute atomic E-state index is 0.0577. The normalized spacial score (nSPS) is 13.4. The van der Waals surface area contributed by atoms with Crippen molar-refractivity contribution in [2.75, 3.05) is 50.0 Å². The van der Waals surface area contributed by atoms with E-state index in [1.54, 1.807) is 53.4 Å². The van der Waals surface area contributed by atoms with E-state index in [4.69, 9.17) is 4.74 Å². The van der Waals surface area contributed by atoms with Crippen molar-refractivity contribution in [1.29, 1.82) is 0 Å². The molecule has 2 aromatic carbocycles. The Hall–Kier alpha value is -3.39. The maximum Gasteiger partial charge on any atom is 0.254 e. The Kier molecular flexibility index (Phi) is 7.40. The molecule has 1 aliphatic rings. The topological polar surface area (TPSA) is 99.8 Å². The molecule has 0 unspecified atom stereocenters. The molecular weight excluding hydrogens is 384 g/mol. The number of morpholine rings is 1. The number of carbonyl (C=O) groups excluding carboxylic acids is 3. The molecule has 8 heteroatoms. The zero-order chi connectivity index (χ0) is 21.3. The number of nitrogens with zero attached hydrogens (tertiary/aromatic N) is 1. The summed E-state index contributed by atoms with van der Waals surface area (Å²) in [5.41, 5.74) is 2.39. The number of amides is 3. The fraction of sp³-hybridized carbons (Fsp3) is 0.318. The lowest BCUT2D eigenvalue weighted by Gasteiger charge is -2.27. The first-order valence-corrected chi connectivity index (χ1v) is 9.96. The molecule has 0 spiro atoms. The Labute approximate surface area is 175 Å². The van der Waals surface area contributed by atoms with Crippen LogP contribution < -0.4 is 16.0 Å². The fourth-order valence-corrected chi connectivity index (χ4v) is 3.07. The minimum atomic E-state index is -0.237. The summed E-state index contributed by atoms with van der Waals surface area (Å²) in [6.07, 6.45) is 0. The Morgan fingerprint density at radius 2 is 1.70 bits per heavy atom. The summed E-state index contributed by atoms with van der Waals surface area (Å²) in [6, 6.07) is 13.8. The third-order valence-electron chi connectivity index (χ3n) is 4.63. The monoisotopic (exact) mass is 410 g/mol. The molecule has 1 heterocycles. The van der Waals surface area contributed by atoms with E-state index in [1.165, 1.54) is 0 Å². The van der Waals surface area contributed by atoms with Gasteiger partial charge < -0.3 is 25.6 Å². The molecule has 0 aromatic heterocycles. The Morgan fingerprint density at radius 1 is 0.967 bits per heavy atom. The highest BCUT2D eigenvalue weighted by atomic mass is 16.5. The van der Waals surface area contributed by atoms with Crippen molar-refractivity contribution in [2.45, 2.75) is 6.92 Å². The van der Waals surface area contributed by atoms with Crippen molar-refractivity contribution in [3.8, 4) is 0 Å². The molecule has 158 valence electrons. The molecule has 0 aliphatic carbocycles. The average Bonchev–Trinajstić information content (AvgIpc) is 2.78. The quantitative estimate of drug-likeness (QED) is 0.648. The standard InChI is InChI=1S/C22H26N4O4/c1-2-23-21(28)16-6-8-18(9-7-16)24-15-20(27)25-19-5-3-4-17(14-19)22(29)26-10-12-30-13-11-26/h3-9,14,24H,2,10-13,15H2,1H3,(H,23,28)(H,25,27). The number of hydrogen-bond donors (Lipinski definition) is 3. The number of carbonyl (C=O) groups is 3. The van der Waals surface area contributed by atoms with Crippen LogP contribution in [0, 0.1) is 0 Å². The van der Waals surface area contributed by atoms with E-state index in [0.29, 0.717) is 49.7 Å². The lowest BCUT2D eigenvalue weighted by atomic mass is 10.1. The molecule has 30 heavy (non-hydrogen) atoms. The third-order valence-corrected chi connectivity index (χ3v) is 4.63. The molecule has 0 radical (unpaired) electrons. The molecule has 1 saturated heterocycles. The van der Waals surface area contributed by atoms with E-state index < -0.39 is 0 Å². The zero-order valence-electron chi connectivity index (χ0n) is 16.9. The van der Waals surface area contributed by atoms with E-state index in [-0.39, 0.29) is 24.3 Å². The molecule has 3 amide bonds. The lowest BCUT2D eigenvalue weighted by molar-refractivity contribution is -0.114. The highest BCUT2D eigenvalue weighted by Crippen LogP contribution is 2.14. The van der Waals surface area contributed by atoms with E-state index in [2.05, 4.69) is 16.0 Å². The SMILES string of the molecule is CCNC(=O)c1ccc(NCC(=O)Nc2cccc(C(=O)N3CCOCC3)c2)cc1. The summed E-state index contributed by atoms with van der Waals surface area (Å²) in [5.74, 6) is -0.438.